The van der Waals surface area contributed by atoms with Crippen LogP contribution in [0, 0.1) is 5.92 Å². The summed E-state index contributed by atoms with van der Waals surface area (Å²) in [5.41, 5.74) is 0.987. The first kappa shape index (κ1) is 14.6. The highest BCUT2D eigenvalue weighted by Gasteiger charge is 2.16. The Kier molecular flexibility index (Phi) is 5.17. The zero-order valence-electron chi connectivity index (χ0n) is 12.3. The smallest absolute Gasteiger partial charge is 0.138 e. The van der Waals surface area contributed by atoms with E-state index in [1.54, 1.807) is 18.9 Å². The van der Waals surface area contributed by atoms with Gasteiger partial charge in [-0.3, -0.25) is 0 Å². The first-order chi connectivity index (χ1) is 9.70. The highest BCUT2D eigenvalue weighted by Crippen LogP contribution is 2.15. The number of nitrogens with one attached hydrogen (secondary N) is 1. The van der Waals surface area contributed by atoms with Gasteiger partial charge in [0.05, 0.1) is 11.7 Å². The maximum absolute atomic E-state index is 4.39. The van der Waals surface area contributed by atoms with E-state index in [9.17, 15) is 0 Å². The Morgan fingerprint density at radius 3 is 2.75 bits per heavy atom. The molecule has 6 heteroatoms. The molecule has 2 heterocycles. The molecule has 1 N–H and O–H groups in total. The van der Waals surface area contributed by atoms with Crippen molar-refractivity contribution in [3.63, 3.8) is 0 Å². The van der Waals surface area contributed by atoms with Crippen molar-refractivity contribution in [2.45, 2.75) is 39.8 Å². The lowest BCUT2D eigenvalue weighted by Crippen LogP contribution is -2.25. The van der Waals surface area contributed by atoms with E-state index in [4.69, 9.17) is 0 Å². The monoisotopic (exact) mass is 274 g/mol. The molecule has 0 saturated heterocycles. The summed E-state index contributed by atoms with van der Waals surface area (Å²) < 4.78 is 1.98. The summed E-state index contributed by atoms with van der Waals surface area (Å²) >= 11 is 0. The summed E-state index contributed by atoms with van der Waals surface area (Å²) in [7, 11) is 0. The van der Waals surface area contributed by atoms with Gasteiger partial charge >= 0.3 is 0 Å². The number of nitrogens with zero attached hydrogens (tertiary/aromatic N) is 5. The van der Waals surface area contributed by atoms with Gasteiger partial charge in [0.1, 0.15) is 18.5 Å². The summed E-state index contributed by atoms with van der Waals surface area (Å²) in [5.74, 6) is 1.54. The molecular formula is C14H22N6. The van der Waals surface area contributed by atoms with Crippen molar-refractivity contribution in [3.8, 4) is 0 Å². The standard InChI is InChI=1S/C14H22N6/c1-4-16-13(12-5-6-15-9-17-12)7-14-18-10-19-20(14)8-11(2)3/h5-6,9-11,13,16H,4,7-8H2,1-3H3. The summed E-state index contributed by atoms with van der Waals surface area (Å²) in [4.78, 5) is 12.7. The quantitative estimate of drug-likeness (QED) is 0.831. The van der Waals surface area contributed by atoms with Crippen LogP contribution in [0.25, 0.3) is 0 Å². The summed E-state index contributed by atoms with van der Waals surface area (Å²) in [6.07, 6.45) is 5.75. The lowest BCUT2D eigenvalue weighted by Gasteiger charge is -2.17. The Bertz CT molecular complexity index is 507. The van der Waals surface area contributed by atoms with Crippen molar-refractivity contribution in [2.24, 2.45) is 5.92 Å². The number of rotatable bonds is 7. The van der Waals surface area contributed by atoms with E-state index in [0.717, 1.165) is 31.0 Å². The van der Waals surface area contributed by atoms with Crippen molar-refractivity contribution in [1.29, 1.82) is 0 Å². The summed E-state index contributed by atoms with van der Waals surface area (Å²) in [5, 5.41) is 7.75. The topological polar surface area (TPSA) is 68.5 Å². The molecule has 0 radical (unpaired) electrons. The molecular weight excluding hydrogens is 252 g/mol. The van der Waals surface area contributed by atoms with Crippen molar-refractivity contribution in [1.82, 2.24) is 30.0 Å². The molecule has 0 bridgehead atoms. The van der Waals surface area contributed by atoms with E-state index in [1.807, 2.05) is 10.7 Å². The molecule has 1 atom stereocenters. The largest absolute Gasteiger partial charge is 0.309 e. The molecule has 2 aromatic heterocycles. The first-order valence-electron chi connectivity index (χ1n) is 7.06. The Hall–Kier alpha value is -1.82. The maximum Gasteiger partial charge on any atom is 0.138 e. The maximum atomic E-state index is 4.39. The minimum absolute atomic E-state index is 0.137. The van der Waals surface area contributed by atoms with E-state index in [2.05, 4.69) is 46.1 Å². The van der Waals surface area contributed by atoms with Gasteiger partial charge in [-0.1, -0.05) is 20.8 Å². The van der Waals surface area contributed by atoms with Gasteiger partial charge in [-0.2, -0.15) is 5.10 Å². The SMILES string of the molecule is CCNC(Cc1ncnn1CC(C)C)c1ccncn1. The lowest BCUT2D eigenvalue weighted by molar-refractivity contribution is 0.444. The van der Waals surface area contributed by atoms with Crippen LogP contribution in [0.1, 0.15) is 38.3 Å². The fourth-order valence-electron chi connectivity index (χ4n) is 2.16. The normalized spacial score (nSPS) is 12.8. The molecule has 0 spiro atoms. The molecule has 6 nitrogen and oxygen atoms in total. The fraction of sp³-hybridized carbons (Fsp3) is 0.571. The third-order valence-electron chi connectivity index (χ3n) is 3.03. The highest BCUT2D eigenvalue weighted by atomic mass is 15.3. The van der Waals surface area contributed by atoms with Gasteiger partial charge in [0.15, 0.2) is 0 Å². The van der Waals surface area contributed by atoms with E-state index in [1.165, 1.54) is 0 Å². The van der Waals surface area contributed by atoms with Crippen LogP contribution in [0.4, 0.5) is 0 Å². The zero-order valence-corrected chi connectivity index (χ0v) is 12.3. The van der Waals surface area contributed by atoms with Crippen molar-refractivity contribution < 1.29 is 0 Å². The van der Waals surface area contributed by atoms with Gasteiger partial charge in [-0.15, -0.1) is 0 Å². The molecule has 1 unspecified atom stereocenters. The number of aromatic nitrogens is 5. The van der Waals surface area contributed by atoms with Crippen LogP contribution in [0.5, 0.6) is 0 Å². The van der Waals surface area contributed by atoms with Crippen LogP contribution >= 0.6 is 0 Å². The van der Waals surface area contributed by atoms with Crippen LogP contribution in [0.15, 0.2) is 24.9 Å². The molecule has 0 saturated carbocycles. The van der Waals surface area contributed by atoms with Gasteiger partial charge in [0.25, 0.3) is 0 Å². The molecule has 2 aromatic rings. The van der Waals surface area contributed by atoms with Crippen LogP contribution in [0.2, 0.25) is 0 Å². The number of likely N-dealkylation sites (N-methyl/N-ethyl adjacent to an activating group) is 1. The van der Waals surface area contributed by atoms with Crippen LogP contribution in [-0.2, 0) is 13.0 Å². The molecule has 20 heavy (non-hydrogen) atoms. The molecule has 0 aromatic carbocycles. The van der Waals surface area contributed by atoms with Gasteiger partial charge in [-0.05, 0) is 18.5 Å². The summed E-state index contributed by atoms with van der Waals surface area (Å²) in [6.45, 7) is 8.22. The Morgan fingerprint density at radius 2 is 2.10 bits per heavy atom. The average Bonchev–Trinajstić information content (AvgIpc) is 2.86. The Balaban J connectivity index is 2.14. The molecule has 0 aliphatic heterocycles. The fourth-order valence-corrected chi connectivity index (χ4v) is 2.16. The second kappa shape index (κ2) is 7.09. The van der Waals surface area contributed by atoms with Crippen molar-refractivity contribution >= 4 is 0 Å². The van der Waals surface area contributed by atoms with Gasteiger partial charge in [0.2, 0.25) is 0 Å². The predicted molar refractivity (Wildman–Crippen MR) is 77.0 cm³/mol. The molecule has 0 aliphatic carbocycles. The van der Waals surface area contributed by atoms with Crippen molar-refractivity contribution in [2.75, 3.05) is 6.54 Å². The average molecular weight is 274 g/mol. The Labute approximate surface area is 119 Å². The molecule has 108 valence electrons. The van der Waals surface area contributed by atoms with Gasteiger partial charge in [0, 0.05) is 19.2 Å². The minimum Gasteiger partial charge on any atom is -0.309 e. The predicted octanol–water partition coefficient (Wildman–Crippen LogP) is 1.62. The molecule has 0 aliphatic rings. The molecule has 2 rings (SSSR count). The molecule has 0 fully saturated rings. The zero-order chi connectivity index (χ0) is 14.4. The summed E-state index contributed by atoms with van der Waals surface area (Å²) in [6, 6.07) is 2.08. The number of hydrogen-bond donors (Lipinski definition) is 1. The van der Waals surface area contributed by atoms with E-state index in [-0.39, 0.29) is 6.04 Å². The number of hydrogen-bond acceptors (Lipinski definition) is 5. The van der Waals surface area contributed by atoms with Gasteiger partial charge in [-0.25, -0.2) is 19.6 Å². The van der Waals surface area contributed by atoms with E-state index < -0.39 is 0 Å². The van der Waals surface area contributed by atoms with Gasteiger partial charge < -0.3 is 5.32 Å². The Morgan fingerprint density at radius 1 is 1.25 bits per heavy atom. The third kappa shape index (κ3) is 3.84. The second-order valence-corrected chi connectivity index (χ2v) is 5.20. The molecule has 0 amide bonds. The van der Waals surface area contributed by atoms with Crippen LogP contribution in [-0.4, -0.2) is 31.3 Å². The highest BCUT2D eigenvalue weighted by molar-refractivity contribution is 5.07. The first-order valence-corrected chi connectivity index (χ1v) is 7.06. The third-order valence-corrected chi connectivity index (χ3v) is 3.03. The van der Waals surface area contributed by atoms with Crippen LogP contribution in [0.3, 0.4) is 0 Å². The lowest BCUT2D eigenvalue weighted by atomic mass is 10.1. The second-order valence-electron chi connectivity index (χ2n) is 5.20. The van der Waals surface area contributed by atoms with Crippen LogP contribution < -0.4 is 5.32 Å². The minimum atomic E-state index is 0.137. The van der Waals surface area contributed by atoms with E-state index >= 15 is 0 Å². The van der Waals surface area contributed by atoms with E-state index in [0.29, 0.717) is 5.92 Å². The van der Waals surface area contributed by atoms with Crippen molar-refractivity contribution in [3.05, 3.63) is 36.4 Å².